The van der Waals surface area contributed by atoms with Gasteiger partial charge < -0.3 is 85.3 Å². The third-order valence-corrected chi connectivity index (χ3v) is 28.5. The predicted molar refractivity (Wildman–Crippen MR) is 422 cm³/mol. The Hall–Kier alpha value is -0.720. The lowest BCUT2D eigenvalue weighted by Gasteiger charge is -2.29. The van der Waals surface area contributed by atoms with Crippen LogP contribution >= 0.6 is 0 Å². The fourth-order valence-corrected chi connectivity index (χ4v) is 21.3. The van der Waals surface area contributed by atoms with Gasteiger partial charge in [-0.25, -0.2) is 0 Å². The normalized spacial score (nSPS) is 45.5. The van der Waals surface area contributed by atoms with Gasteiger partial charge in [0, 0.05) is 96.7 Å². The molecule has 3 spiro atoms. The minimum absolute atomic E-state index is 0.0741. The van der Waals surface area contributed by atoms with Crippen LogP contribution in [0.4, 0.5) is 0 Å². The molecule has 21 aliphatic rings. The molecular weight excluding hydrogens is 1370 g/mol. The van der Waals surface area contributed by atoms with Gasteiger partial charge in [0.25, 0.3) is 0 Å². The van der Waals surface area contributed by atoms with Crippen molar-refractivity contribution in [3.05, 3.63) is 0 Å². The molecular formula is C90H162O18. The average Bonchev–Trinajstić information content (AvgIpc) is 1.45. The van der Waals surface area contributed by atoms with E-state index in [1.165, 1.54) is 180 Å². The molecule has 16 saturated heterocycles. The maximum atomic E-state index is 5.81. The summed E-state index contributed by atoms with van der Waals surface area (Å²) in [7, 11) is 1.68. The molecule has 16 heterocycles. The van der Waals surface area contributed by atoms with Gasteiger partial charge in [-0.3, -0.25) is 0 Å². The Kier molecular flexibility index (Phi) is 38.5. The van der Waals surface area contributed by atoms with Crippen LogP contribution in [-0.4, -0.2) is 193 Å². The van der Waals surface area contributed by atoms with Crippen LogP contribution in [0.1, 0.15) is 276 Å². The van der Waals surface area contributed by atoms with Crippen LogP contribution < -0.4 is 0 Å². The van der Waals surface area contributed by atoms with E-state index in [0.717, 1.165) is 197 Å². The van der Waals surface area contributed by atoms with Crippen molar-refractivity contribution in [1.29, 1.82) is 0 Å². The highest BCUT2D eigenvalue weighted by Gasteiger charge is 2.46. The van der Waals surface area contributed by atoms with Gasteiger partial charge in [-0.05, 0) is 263 Å². The SMILES string of the molecule is CC1CCCC12CCCO2.CO[C@H]1C[C@@H](C)CO1.C[C@@H]1CCOC1.C[C@@H]1CCOCOC1.C[C@@H]1CC[C@@]2(CCCO2)C1.C[C@@H]1CO[C@@H]2OCCC[C@@H]21.C[C@@H]1CO[C@@H]2OCC[C@@H]21.C[C@@H]1C[C@@H]2CCO[C@@H]2C1.C[C@H]1CCO[C@H]2OCC[C@H]21.C[C@H]1CC[C@]2(CCCO2)C1.C[C@H]1CO[C@H]2OCC[C@H]21.C[C@H]1C[C@H]2CCO[C@H]2C1. The van der Waals surface area contributed by atoms with Crippen LogP contribution in [0.5, 0.6) is 0 Å². The molecule has 18 heteroatoms. The van der Waals surface area contributed by atoms with Crippen molar-refractivity contribution in [1.82, 2.24) is 0 Å². The van der Waals surface area contributed by atoms with Crippen molar-refractivity contribution in [3.63, 3.8) is 0 Å². The fraction of sp³-hybridized carbons (Fsp3) is 1.00. The van der Waals surface area contributed by atoms with Gasteiger partial charge in [-0.15, -0.1) is 0 Å². The highest BCUT2D eigenvalue weighted by Crippen LogP contribution is 2.48. The predicted octanol–water partition coefficient (Wildman–Crippen LogP) is 18.6. The average molecular weight is 1530 g/mol. The Morgan fingerprint density at radius 2 is 0.731 bits per heavy atom. The largest absolute Gasteiger partial charge is 0.381 e. The first-order valence-corrected chi connectivity index (χ1v) is 45.2. The van der Waals surface area contributed by atoms with E-state index in [2.05, 4.69) is 83.1 Å². The summed E-state index contributed by atoms with van der Waals surface area (Å²) in [6.45, 7) is 44.6. The van der Waals surface area contributed by atoms with Gasteiger partial charge in [0.1, 0.15) is 6.79 Å². The molecule has 21 rings (SSSR count). The Bertz CT molecular complexity index is 2250. The Morgan fingerprint density at radius 1 is 0.278 bits per heavy atom. The molecule has 21 fully saturated rings. The smallest absolute Gasteiger partial charge is 0.160 e. The second-order valence-electron chi connectivity index (χ2n) is 38.1. The van der Waals surface area contributed by atoms with E-state index in [9.17, 15) is 0 Å². The summed E-state index contributed by atoms with van der Waals surface area (Å²) in [5.41, 5.74) is 1.07. The number of fused-ring (bicyclic) bond motifs is 6. The molecule has 0 bridgehead atoms. The fourth-order valence-electron chi connectivity index (χ4n) is 21.3. The quantitative estimate of drug-likeness (QED) is 0.243. The lowest BCUT2D eigenvalue weighted by atomic mass is 9.88. The van der Waals surface area contributed by atoms with Crippen LogP contribution in [0.15, 0.2) is 0 Å². The lowest BCUT2D eigenvalue weighted by Crippen LogP contribution is -2.31. The van der Waals surface area contributed by atoms with Gasteiger partial charge in [-0.1, -0.05) is 89.5 Å². The summed E-state index contributed by atoms with van der Waals surface area (Å²) in [5.74, 6) is 14.3. The van der Waals surface area contributed by atoms with Crippen molar-refractivity contribution in [2.75, 3.05) is 133 Å². The Balaban J connectivity index is 0.000000126. The first-order chi connectivity index (χ1) is 52.3. The van der Waals surface area contributed by atoms with E-state index in [-0.39, 0.29) is 31.5 Å². The number of rotatable bonds is 1. The molecule has 630 valence electrons. The van der Waals surface area contributed by atoms with Crippen LogP contribution in [-0.2, 0) is 85.3 Å². The summed E-state index contributed by atoms with van der Waals surface area (Å²) in [6, 6.07) is 0. The maximum Gasteiger partial charge on any atom is 0.160 e. The third-order valence-electron chi connectivity index (χ3n) is 28.5. The summed E-state index contributed by atoms with van der Waals surface area (Å²) >= 11 is 0. The van der Waals surface area contributed by atoms with Crippen LogP contribution in [0.2, 0.25) is 0 Å². The number of methoxy groups -OCH3 is 1. The van der Waals surface area contributed by atoms with Gasteiger partial charge in [0.2, 0.25) is 0 Å². The first kappa shape index (κ1) is 89.6. The molecule has 0 amide bonds. The molecule has 0 radical (unpaired) electrons. The summed E-state index contributed by atoms with van der Waals surface area (Å²) < 4.78 is 96.9. The van der Waals surface area contributed by atoms with E-state index in [1.54, 1.807) is 7.11 Å². The molecule has 2 unspecified atom stereocenters. The number of ether oxygens (including phenoxy) is 18. The molecule has 16 aliphatic heterocycles. The minimum Gasteiger partial charge on any atom is -0.381 e. The molecule has 0 aromatic carbocycles. The zero-order valence-electron chi connectivity index (χ0n) is 70.9. The van der Waals surface area contributed by atoms with Crippen molar-refractivity contribution in [2.45, 2.75) is 336 Å². The molecule has 0 aromatic rings. The second-order valence-corrected chi connectivity index (χ2v) is 38.1. The Morgan fingerprint density at radius 3 is 1.13 bits per heavy atom. The van der Waals surface area contributed by atoms with E-state index >= 15 is 0 Å². The minimum atomic E-state index is 0.0741. The summed E-state index contributed by atoms with van der Waals surface area (Å²) in [6.07, 6.45) is 41.0. The number of hydrogen-bond donors (Lipinski definition) is 0. The molecule has 108 heavy (non-hydrogen) atoms. The van der Waals surface area contributed by atoms with Crippen molar-refractivity contribution in [2.24, 2.45) is 107 Å². The van der Waals surface area contributed by atoms with E-state index in [1.807, 2.05) is 0 Å². The van der Waals surface area contributed by atoms with E-state index in [0.29, 0.717) is 77.2 Å². The van der Waals surface area contributed by atoms with E-state index < -0.39 is 0 Å². The molecule has 28 atom stereocenters. The van der Waals surface area contributed by atoms with Gasteiger partial charge in [-0.2, -0.15) is 0 Å². The van der Waals surface area contributed by atoms with Gasteiger partial charge in [0.05, 0.1) is 88.5 Å². The zero-order valence-corrected chi connectivity index (χ0v) is 70.9. The first-order valence-electron chi connectivity index (χ1n) is 45.2. The van der Waals surface area contributed by atoms with Gasteiger partial charge >= 0.3 is 0 Å². The standard InChI is InChI=1S/3C9H16O.2C8H14O2.2C8H14O.2C7H12O2.2C6H12O2.C5H10O/c2*1-8-3-5-9(7-8)4-2-6-10-9;1-8-4-2-5-9(8)6-3-7-10-9;1-6-2-4-9-8-7(6)3-5-10-8;1-6-5-10-8-7(6)3-2-4-9-8;2*1-6-4-7-2-3-9-8(7)5-6;2*1-5-4-9-7-6(5)2-3-8-7;1-5-3-6(7-2)8-4-5;1-6-2-3-7-5-8-4-6;1-5-2-3-6-4-5/h3*8H,2-7H2,1H3;2*6-8H,2-5H2,1H3;2*6-8H,2-5H2,1H3;2*5-7H,2-4H2,1H3;5-6H,3-4H2,1-2H3;6H,2-5H2,1H3;5H,2-4H2,1H3/t2*8-,9+;;6-,7-,8-;6-,7-,8+;2*6-,7+,8-;2*5-,6-,7+;5-,6-;6-;5-/m10.011010111/s1. The molecule has 5 saturated carbocycles. The lowest BCUT2D eigenvalue weighted by molar-refractivity contribution is -0.163. The van der Waals surface area contributed by atoms with Crippen LogP contribution in [0, 0.1) is 107 Å². The Labute approximate surface area is 657 Å². The van der Waals surface area contributed by atoms with Crippen molar-refractivity contribution in [3.8, 4) is 0 Å². The zero-order chi connectivity index (χ0) is 76.3. The van der Waals surface area contributed by atoms with Crippen LogP contribution in [0.25, 0.3) is 0 Å². The van der Waals surface area contributed by atoms with E-state index in [4.69, 9.17) is 85.3 Å². The summed E-state index contributed by atoms with van der Waals surface area (Å²) in [4.78, 5) is 0. The molecule has 5 aliphatic carbocycles. The second kappa shape index (κ2) is 46.4. The highest BCUT2D eigenvalue weighted by molar-refractivity contribution is 4.96. The topological polar surface area (TPSA) is 166 Å². The monoisotopic (exact) mass is 1530 g/mol. The third kappa shape index (κ3) is 28.0. The molecule has 0 N–H and O–H groups in total. The number of hydrogen-bond acceptors (Lipinski definition) is 18. The van der Waals surface area contributed by atoms with Crippen molar-refractivity contribution < 1.29 is 85.3 Å². The van der Waals surface area contributed by atoms with Crippen LogP contribution in [0.3, 0.4) is 0 Å². The molecule has 18 nitrogen and oxygen atoms in total. The molecule has 0 aromatic heterocycles. The van der Waals surface area contributed by atoms with Gasteiger partial charge in [0.15, 0.2) is 31.5 Å². The highest BCUT2D eigenvalue weighted by atomic mass is 16.7. The maximum absolute atomic E-state index is 5.81. The summed E-state index contributed by atoms with van der Waals surface area (Å²) in [5, 5.41) is 0. The van der Waals surface area contributed by atoms with Crippen molar-refractivity contribution >= 4 is 0 Å².